The molecular weight excluding hydrogens is 542 g/mol. The maximum absolute atomic E-state index is 12.9. The Balaban J connectivity index is 1.61. The Labute approximate surface area is 210 Å². The first-order chi connectivity index (χ1) is 16.7. The molecule has 0 unspecified atom stereocenters. The van der Waals surface area contributed by atoms with Crippen molar-refractivity contribution in [2.24, 2.45) is 0 Å². The number of amides is 2. The summed E-state index contributed by atoms with van der Waals surface area (Å²) in [5.74, 6) is -0.506. The lowest BCUT2D eigenvalue weighted by molar-refractivity contribution is -0.394. The summed E-state index contributed by atoms with van der Waals surface area (Å²) in [6, 6.07) is 16.7. The molecule has 0 aliphatic carbocycles. The number of halogens is 1. The van der Waals surface area contributed by atoms with Crippen LogP contribution in [0, 0.1) is 20.2 Å². The standard InChI is InChI=1S/C23H14BrN3O7S/c24-16-7-5-14(6-8-16)13-25-22(28)21(35-23(25)29)11-15-3-1-2-4-19(15)34-20-10-9-17(26(30)31)12-18(20)27(32)33/h1-12H,13H2/b21-11+. The molecule has 176 valence electrons. The number of imide groups is 1. The number of rotatable bonds is 7. The highest BCUT2D eigenvalue weighted by atomic mass is 79.9. The van der Waals surface area contributed by atoms with Gasteiger partial charge in [-0.1, -0.05) is 46.3 Å². The Kier molecular flexibility index (Phi) is 6.94. The number of thioether (sulfide) groups is 1. The van der Waals surface area contributed by atoms with Crippen LogP contribution in [-0.4, -0.2) is 25.9 Å². The zero-order valence-electron chi connectivity index (χ0n) is 17.6. The summed E-state index contributed by atoms with van der Waals surface area (Å²) >= 11 is 4.12. The second-order valence-corrected chi connectivity index (χ2v) is 9.11. The molecule has 1 fully saturated rings. The van der Waals surface area contributed by atoms with Gasteiger partial charge in [-0.2, -0.15) is 0 Å². The van der Waals surface area contributed by atoms with E-state index in [1.54, 1.807) is 30.3 Å². The van der Waals surface area contributed by atoms with Crippen molar-refractivity contribution in [3.63, 3.8) is 0 Å². The Hall–Kier alpha value is -4.03. The number of hydrogen-bond acceptors (Lipinski definition) is 8. The zero-order valence-corrected chi connectivity index (χ0v) is 20.0. The lowest BCUT2D eigenvalue weighted by Gasteiger charge is -2.12. The number of nitro benzene ring substituents is 2. The van der Waals surface area contributed by atoms with Crippen molar-refractivity contribution in [1.82, 2.24) is 4.90 Å². The number of ether oxygens (including phenoxy) is 1. The van der Waals surface area contributed by atoms with Crippen LogP contribution in [0.25, 0.3) is 6.08 Å². The van der Waals surface area contributed by atoms with Gasteiger partial charge in [0, 0.05) is 16.1 Å². The molecule has 35 heavy (non-hydrogen) atoms. The van der Waals surface area contributed by atoms with Crippen molar-refractivity contribution in [2.45, 2.75) is 6.54 Å². The lowest BCUT2D eigenvalue weighted by atomic mass is 10.1. The van der Waals surface area contributed by atoms with Crippen LogP contribution in [0.4, 0.5) is 16.2 Å². The normalized spacial score (nSPS) is 14.4. The second kappa shape index (κ2) is 10.1. The molecule has 0 aromatic heterocycles. The van der Waals surface area contributed by atoms with E-state index in [0.29, 0.717) is 5.56 Å². The fourth-order valence-electron chi connectivity index (χ4n) is 3.21. The molecular formula is C23H14BrN3O7S. The van der Waals surface area contributed by atoms with Gasteiger partial charge < -0.3 is 4.74 Å². The summed E-state index contributed by atoms with van der Waals surface area (Å²) in [5, 5.41) is 22.0. The van der Waals surface area contributed by atoms with Gasteiger partial charge in [-0.25, -0.2) is 0 Å². The van der Waals surface area contributed by atoms with Gasteiger partial charge in [0.15, 0.2) is 0 Å². The van der Waals surface area contributed by atoms with Gasteiger partial charge in [0.1, 0.15) is 5.75 Å². The summed E-state index contributed by atoms with van der Waals surface area (Å²) in [6.45, 7) is 0.114. The molecule has 0 atom stereocenters. The van der Waals surface area contributed by atoms with Crippen LogP contribution >= 0.6 is 27.7 Å². The van der Waals surface area contributed by atoms with Gasteiger partial charge in [0.05, 0.1) is 27.4 Å². The smallest absolute Gasteiger partial charge is 0.318 e. The molecule has 0 bridgehead atoms. The van der Waals surface area contributed by atoms with Gasteiger partial charge in [-0.15, -0.1) is 0 Å². The number of hydrogen-bond donors (Lipinski definition) is 0. The van der Waals surface area contributed by atoms with E-state index in [1.807, 2.05) is 12.1 Å². The maximum Gasteiger partial charge on any atom is 0.318 e. The number of carbonyl (C=O) groups is 2. The molecule has 0 spiro atoms. The molecule has 1 aliphatic heterocycles. The summed E-state index contributed by atoms with van der Waals surface area (Å²) in [7, 11) is 0. The van der Waals surface area contributed by atoms with Crippen molar-refractivity contribution in [1.29, 1.82) is 0 Å². The largest absolute Gasteiger partial charge is 0.449 e. The van der Waals surface area contributed by atoms with Gasteiger partial charge in [-0.3, -0.25) is 34.7 Å². The second-order valence-electron chi connectivity index (χ2n) is 7.20. The van der Waals surface area contributed by atoms with Crippen LogP contribution in [-0.2, 0) is 11.3 Å². The van der Waals surface area contributed by atoms with E-state index in [2.05, 4.69) is 15.9 Å². The minimum Gasteiger partial charge on any atom is -0.449 e. The molecule has 2 amide bonds. The topological polar surface area (TPSA) is 133 Å². The number of carbonyl (C=O) groups excluding carboxylic acids is 2. The van der Waals surface area contributed by atoms with Crippen LogP contribution in [0.2, 0.25) is 0 Å². The summed E-state index contributed by atoms with van der Waals surface area (Å²) in [5.41, 5.74) is 0.154. The zero-order chi connectivity index (χ0) is 25.1. The first kappa shape index (κ1) is 24.1. The third-order valence-electron chi connectivity index (χ3n) is 4.90. The molecule has 0 radical (unpaired) electrons. The Morgan fingerprint density at radius 1 is 0.943 bits per heavy atom. The number of para-hydroxylation sites is 1. The Bertz CT molecular complexity index is 1390. The minimum atomic E-state index is -0.779. The molecule has 0 saturated carbocycles. The Morgan fingerprint density at radius 3 is 2.34 bits per heavy atom. The molecule has 0 N–H and O–H groups in total. The third kappa shape index (κ3) is 5.39. The molecule has 3 aromatic carbocycles. The highest BCUT2D eigenvalue weighted by Gasteiger charge is 2.35. The molecule has 1 aliphatic rings. The average molecular weight is 556 g/mol. The van der Waals surface area contributed by atoms with Crippen molar-refractivity contribution >= 4 is 56.3 Å². The highest BCUT2D eigenvalue weighted by molar-refractivity contribution is 9.10. The van der Waals surface area contributed by atoms with E-state index >= 15 is 0 Å². The van der Waals surface area contributed by atoms with Crippen LogP contribution in [0.1, 0.15) is 11.1 Å². The fourth-order valence-corrected chi connectivity index (χ4v) is 4.30. The van der Waals surface area contributed by atoms with Crippen LogP contribution in [0.5, 0.6) is 11.5 Å². The quantitative estimate of drug-likeness (QED) is 0.188. The molecule has 12 heteroatoms. The number of benzene rings is 3. The van der Waals surface area contributed by atoms with Gasteiger partial charge >= 0.3 is 5.69 Å². The first-order valence-electron chi connectivity index (χ1n) is 9.92. The predicted octanol–water partition coefficient (Wildman–Crippen LogP) is 6.29. The van der Waals surface area contributed by atoms with E-state index < -0.39 is 32.4 Å². The third-order valence-corrected chi connectivity index (χ3v) is 6.34. The van der Waals surface area contributed by atoms with Crippen molar-refractivity contribution in [3.05, 3.63) is 107 Å². The van der Waals surface area contributed by atoms with Crippen LogP contribution in [0.3, 0.4) is 0 Å². The molecule has 3 aromatic rings. The summed E-state index contributed by atoms with van der Waals surface area (Å²) < 4.78 is 6.59. The number of nitro groups is 2. The number of nitrogens with zero attached hydrogens (tertiary/aromatic N) is 3. The maximum atomic E-state index is 12.9. The van der Waals surface area contributed by atoms with Gasteiger partial charge in [0.2, 0.25) is 5.75 Å². The van der Waals surface area contributed by atoms with Crippen molar-refractivity contribution in [3.8, 4) is 11.5 Å². The summed E-state index contributed by atoms with van der Waals surface area (Å²) in [4.78, 5) is 47.6. The van der Waals surface area contributed by atoms with Gasteiger partial charge in [-0.05, 0) is 47.7 Å². The molecule has 4 rings (SSSR count). The highest BCUT2D eigenvalue weighted by Crippen LogP contribution is 2.38. The molecule has 10 nitrogen and oxygen atoms in total. The summed E-state index contributed by atoms with van der Waals surface area (Å²) in [6.07, 6.45) is 1.47. The van der Waals surface area contributed by atoms with Crippen LogP contribution < -0.4 is 4.74 Å². The van der Waals surface area contributed by atoms with E-state index in [1.165, 1.54) is 12.1 Å². The van der Waals surface area contributed by atoms with E-state index in [4.69, 9.17) is 4.74 Å². The van der Waals surface area contributed by atoms with E-state index in [0.717, 1.165) is 44.9 Å². The predicted molar refractivity (Wildman–Crippen MR) is 132 cm³/mol. The lowest BCUT2D eigenvalue weighted by Crippen LogP contribution is -2.27. The minimum absolute atomic E-state index is 0.114. The number of non-ortho nitro benzene ring substituents is 1. The average Bonchev–Trinajstić information content (AvgIpc) is 3.09. The molecule has 1 saturated heterocycles. The monoisotopic (exact) mass is 555 g/mol. The Morgan fingerprint density at radius 2 is 1.66 bits per heavy atom. The molecule has 1 heterocycles. The van der Waals surface area contributed by atoms with Gasteiger partial charge in [0.25, 0.3) is 16.8 Å². The van der Waals surface area contributed by atoms with Crippen LogP contribution in [0.15, 0.2) is 76.1 Å². The fraction of sp³-hybridized carbons (Fsp3) is 0.0435. The first-order valence-corrected chi connectivity index (χ1v) is 11.5. The van der Waals surface area contributed by atoms with E-state index in [-0.39, 0.29) is 22.9 Å². The SMILES string of the molecule is O=C1S/C(=C/c2ccccc2Oc2ccc([N+](=O)[O-])cc2[N+](=O)[O-])C(=O)N1Cc1ccc(Br)cc1. The van der Waals surface area contributed by atoms with E-state index in [9.17, 15) is 29.8 Å². The van der Waals surface area contributed by atoms with Crippen molar-refractivity contribution in [2.75, 3.05) is 0 Å². The van der Waals surface area contributed by atoms with Crippen molar-refractivity contribution < 1.29 is 24.2 Å².